The second-order valence-corrected chi connectivity index (χ2v) is 10.5. The van der Waals surface area contributed by atoms with E-state index in [2.05, 4.69) is 66.9 Å². The van der Waals surface area contributed by atoms with Crippen molar-refractivity contribution in [3.8, 4) is 0 Å². The quantitative estimate of drug-likeness (QED) is 0.528. The van der Waals surface area contributed by atoms with E-state index in [9.17, 15) is 10.2 Å². The summed E-state index contributed by atoms with van der Waals surface area (Å²) < 4.78 is 25.3. The Balaban J connectivity index is 1.46. The van der Waals surface area contributed by atoms with Gasteiger partial charge in [-0.1, -0.05) is 35.4 Å². The van der Waals surface area contributed by atoms with Crippen LogP contribution >= 0.6 is 0 Å². The summed E-state index contributed by atoms with van der Waals surface area (Å²) >= 11 is 0. The van der Waals surface area contributed by atoms with E-state index in [0.717, 1.165) is 22.5 Å². The van der Waals surface area contributed by atoms with E-state index in [1.807, 2.05) is 0 Å². The molecular weight excluding hydrogens is 436 g/mol. The maximum Gasteiger partial charge on any atom is 0.123 e. The fraction of sp³-hybridized carbons (Fsp3) is 0.538. The van der Waals surface area contributed by atoms with Crippen molar-refractivity contribution >= 4 is 11.4 Å². The van der Waals surface area contributed by atoms with Gasteiger partial charge in [-0.25, -0.2) is 0 Å². The minimum atomic E-state index is -0.806. The lowest BCUT2D eigenvalue weighted by molar-refractivity contribution is -0.0834. The van der Waals surface area contributed by atoms with Gasteiger partial charge in [-0.3, -0.25) is 0 Å². The van der Waals surface area contributed by atoms with Crippen LogP contribution in [0.1, 0.15) is 16.7 Å². The molecule has 8 heteroatoms. The van der Waals surface area contributed by atoms with Gasteiger partial charge < -0.3 is 39.8 Å². The van der Waals surface area contributed by atoms with Crippen LogP contribution in [0.4, 0.5) is 11.4 Å². The molecule has 4 N–H and O–H groups in total. The Hall–Kier alpha value is -2.20. The normalized spacial score (nSPS) is 43.8. The minimum Gasteiger partial charge on any atom is -0.388 e. The summed E-state index contributed by atoms with van der Waals surface area (Å²) in [5, 5.41) is 28.9. The van der Waals surface area contributed by atoms with Crippen molar-refractivity contribution in [2.45, 2.75) is 67.7 Å². The lowest BCUT2D eigenvalue weighted by Gasteiger charge is -2.53. The monoisotopic (exact) mass is 466 g/mol. The molecule has 4 saturated heterocycles. The van der Waals surface area contributed by atoms with Crippen LogP contribution < -0.4 is 10.6 Å². The second kappa shape index (κ2) is 7.16. The van der Waals surface area contributed by atoms with Gasteiger partial charge in [0.2, 0.25) is 0 Å². The van der Waals surface area contributed by atoms with E-state index in [1.165, 1.54) is 5.56 Å². The van der Waals surface area contributed by atoms with Crippen LogP contribution in [0.2, 0.25) is 0 Å². The molecule has 9 atom stereocenters. The summed E-state index contributed by atoms with van der Waals surface area (Å²) in [7, 11) is 0. The molecule has 8 nitrogen and oxygen atoms in total. The molecule has 6 unspecified atom stereocenters. The Morgan fingerprint density at radius 1 is 0.882 bits per heavy atom. The van der Waals surface area contributed by atoms with Gasteiger partial charge in [0.05, 0.1) is 19.8 Å². The number of fused-ring (bicyclic) bond motifs is 8. The maximum absolute atomic E-state index is 10.8. The molecule has 34 heavy (non-hydrogen) atoms. The second-order valence-electron chi connectivity index (χ2n) is 10.5. The zero-order valence-corrected chi connectivity index (χ0v) is 19.2. The number of ether oxygens (including phenoxy) is 4. The van der Waals surface area contributed by atoms with E-state index < -0.39 is 53.8 Å². The summed E-state index contributed by atoms with van der Waals surface area (Å²) in [4.78, 5) is 0. The molecule has 0 bridgehead atoms. The average Bonchev–Trinajstić information content (AvgIpc) is 3.56. The zero-order chi connectivity index (χ0) is 23.2. The van der Waals surface area contributed by atoms with Crippen molar-refractivity contribution in [2.75, 3.05) is 30.5 Å². The molecule has 0 amide bonds. The Morgan fingerprint density at radius 2 is 1.59 bits per heavy atom. The van der Waals surface area contributed by atoms with Crippen molar-refractivity contribution in [1.82, 2.24) is 0 Å². The van der Waals surface area contributed by atoms with E-state index in [0.29, 0.717) is 6.61 Å². The number of hydrogen-bond donors (Lipinski definition) is 4. The topological polar surface area (TPSA) is 101 Å². The molecule has 5 aliphatic rings. The molecule has 1 spiro atoms. The largest absolute Gasteiger partial charge is 0.388 e. The first-order chi connectivity index (χ1) is 16.4. The number of benzene rings is 2. The summed E-state index contributed by atoms with van der Waals surface area (Å²) in [5.41, 5.74) is 3.64. The number of anilines is 2. The van der Waals surface area contributed by atoms with Crippen LogP contribution in [-0.2, 0) is 24.5 Å². The predicted molar refractivity (Wildman–Crippen MR) is 124 cm³/mol. The Morgan fingerprint density at radius 3 is 2.38 bits per heavy atom. The minimum absolute atomic E-state index is 0.219. The van der Waals surface area contributed by atoms with Crippen LogP contribution in [0.5, 0.6) is 0 Å². The highest BCUT2D eigenvalue weighted by atomic mass is 16.6. The summed E-state index contributed by atoms with van der Waals surface area (Å²) in [6.07, 6.45) is -3.67. The van der Waals surface area contributed by atoms with Gasteiger partial charge in [-0.2, -0.15) is 0 Å². The van der Waals surface area contributed by atoms with Crippen molar-refractivity contribution < 1.29 is 29.2 Å². The van der Waals surface area contributed by atoms with Crippen molar-refractivity contribution in [1.29, 1.82) is 0 Å². The highest BCUT2D eigenvalue weighted by Gasteiger charge is 2.75. The number of aryl methyl sites for hydroxylation is 2. The lowest BCUT2D eigenvalue weighted by Crippen LogP contribution is -2.70. The third kappa shape index (κ3) is 2.64. The number of aliphatic hydroxyl groups excluding tert-OH is 2. The van der Waals surface area contributed by atoms with Gasteiger partial charge in [0.25, 0.3) is 0 Å². The molecular formula is C26H30N2O6. The smallest absolute Gasteiger partial charge is 0.123 e. The Bertz CT molecular complexity index is 1130. The molecule has 0 aromatic heterocycles. The number of hydrogen-bond acceptors (Lipinski definition) is 8. The number of nitrogens with one attached hydrogen (secondary N) is 2. The number of aliphatic hydroxyl groups is 2. The molecule has 0 radical (unpaired) electrons. The predicted octanol–water partition coefficient (Wildman–Crippen LogP) is 1.46. The zero-order valence-electron chi connectivity index (χ0n) is 19.2. The Labute approximate surface area is 198 Å². The summed E-state index contributed by atoms with van der Waals surface area (Å²) in [6.45, 7) is 4.88. The SMILES string of the molecule is Cc1ccc(N[C@]23c4cc(C)ccc4NC4(COC5C4OC[C@H]5O)C2OC2C3OC[C@H]2O)cc1. The molecule has 0 saturated carbocycles. The molecule has 5 aliphatic heterocycles. The van der Waals surface area contributed by atoms with Crippen LogP contribution in [-0.4, -0.2) is 78.3 Å². The third-order valence-electron chi connectivity index (χ3n) is 8.28. The highest BCUT2D eigenvalue weighted by molar-refractivity contribution is 5.68. The van der Waals surface area contributed by atoms with Gasteiger partial charge >= 0.3 is 0 Å². The fourth-order valence-electron chi connectivity index (χ4n) is 6.77. The van der Waals surface area contributed by atoms with Crippen molar-refractivity contribution in [2.24, 2.45) is 0 Å². The molecule has 180 valence electrons. The molecule has 2 aromatic rings. The standard InChI is InChI=1S/C26H30N2O6/c1-13-3-6-15(7-4-13)27-26-16-9-14(2)5-8-17(16)28-25(12-33-20-18(29)10-31-22(20)25)24(26)34-21-19(30)11-32-23(21)26/h3-9,18-24,27-30H,10-12H2,1-2H3/t18-,19-,20?,21?,22?,23?,24?,25?,26+/m1/s1. The average molecular weight is 467 g/mol. The summed E-state index contributed by atoms with van der Waals surface area (Å²) in [5.74, 6) is 0. The van der Waals surface area contributed by atoms with Gasteiger partial charge in [0.15, 0.2) is 0 Å². The number of rotatable bonds is 2. The van der Waals surface area contributed by atoms with Gasteiger partial charge in [-0.15, -0.1) is 0 Å². The van der Waals surface area contributed by atoms with Crippen molar-refractivity contribution in [3.05, 3.63) is 59.2 Å². The first kappa shape index (κ1) is 21.1. The van der Waals surface area contributed by atoms with Gasteiger partial charge in [0, 0.05) is 16.9 Å². The van der Waals surface area contributed by atoms with E-state index >= 15 is 0 Å². The molecule has 4 fully saturated rings. The molecule has 5 heterocycles. The molecule has 7 rings (SSSR count). The third-order valence-corrected chi connectivity index (χ3v) is 8.28. The van der Waals surface area contributed by atoms with E-state index in [4.69, 9.17) is 18.9 Å². The van der Waals surface area contributed by atoms with Crippen LogP contribution in [0, 0.1) is 13.8 Å². The van der Waals surface area contributed by atoms with Crippen LogP contribution in [0.25, 0.3) is 0 Å². The first-order valence-corrected chi connectivity index (χ1v) is 12.0. The van der Waals surface area contributed by atoms with Gasteiger partial charge in [0.1, 0.15) is 53.8 Å². The Kier molecular flexibility index (Phi) is 4.45. The van der Waals surface area contributed by atoms with E-state index in [-0.39, 0.29) is 13.2 Å². The first-order valence-electron chi connectivity index (χ1n) is 12.0. The molecule has 0 aliphatic carbocycles. The van der Waals surface area contributed by atoms with Crippen molar-refractivity contribution in [3.63, 3.8) is 0 Å². The van der Waals surface area contributed by atoms with Crippen LogP contribution in [0.15, 0.2) is 42.5 Å². The van der Waals surface area contributed by atoms with E-state index in [1.54, 1.807) is 0 Å². The molecule has 2 aromatic carbocycles. The van der Waals surface area contributed by atoms with Gasteiger partial charge in [-0.05, 0) is 32.0 Å². The van der Waals surface area contributed by atoms with Crippen LogP contribution in [0.3, 0.4) is 0 Å². The maximum atomic E-state index is 10.8. The fourth-order valence-corrected chi connectivity index (χ4v) is 6.77. The lowest BCUT2D eigenvalue weighted by atomic mass is 9.66. The summed E-state index contributed by atoms with van der Waals surface area (Å²) in [6, 6.07) is 14.6. The highest BCUT2D eigenvalue weighted by Crippen LogP contribution is 2.58.